The molecule has 0 aromatic carbocycles. The molecule has 1 aliphatic rings. The number of nitrogens with zero attached hydrogens (tertiary/aromatic N) is 5. The standard InChI is InChI=1S/C15H18F2N6O/c16-12(17)10-23-8-3-13(21-23)20-15(24)11-1-6-22(7-2-11)14-9-18-4-5-19-14/h3-5,8-9,11-12H,1-2,6-7,10H2,(H,20,21,24). The van der Waals surface area contributed by atoms with Gasteiger partial charge in [-0.15, -0.1) is 0 Å². The Morgan fingerprint density at radius 2 is 2.12 bits per heavy atom. The van der Waals surface area contributed by atoms with Crippen LogP contribution >= 0.6 is 0 Å². The monoisotopic (exact) mass is 336 g/mol. The first kappa shape index (κ1) is 16.3. The lowest BCUT2D eigenvalue weighted by Gasteiger charge is -2.31. The van der Waals surface area contributed by atoms with Crippen molar-refractivity contribution in [3.8, 4) is 0 Å². The maximum Gasteiger partial charge on any atom is 0.257 e. The number of aromatic nitrogens is 4. The second kappa shape index (κ2) is 7.33. The first-order valence-electron chi connectivity index (χ1n) is 7.75. The van der Waals surface area contributed by atoms with Crippen LogP contribution in [0.2, 0.25) is 0 Å². The molecular formula is C15H18F2N6O. The number of hydrogen-bond donors (Lipinski definition) is 1. The van der Waals surface area contributed by atoms with Crippen molar-refractivity contribution < 1.29 is 13.6 Å². The van der Waals surface area contributed by atoms with Crippen molar-refractivity contribution in [1.29, 1.82) is 0 Å². The van der Waals surface area contributed by atoms with E-state index in [1.165, 1.54) is 12.3 Å². The Labute approximate surface area is 137 Å². The molecule has 24 heavy (non-hydrogen) atoms. The van der Waals surface area contributed by atoms with Crippen LogP contribution < -0.4 is 10.2 Å². The van der Waals surface area contributed by atoms with Crippen molar-refractivity contribution in [2.45, 2.75) is 25.8 Å². The van der Waals surface area contributed by atoms with Gasteiger partial charge in [0, 0.05) is 43.7 Å². The topological polar surface area (TPSA) is 75.9 Å². The van der Waals surface area contributed by atoms with Crippen molar-refractivity contribution in [2.75, 3.05) is 23.3 Å². The lowest BCUT2D eigenvalue weighted by atomic mass is 9.96. The van der Waals surface area contributed by atoms with E-state index in [0.717, 1.165) is 23.6 Å². The van der Waals surface area contributed by atoms with E-state index in [0.29, 0.717) is 18.7 Å². The van der Waals surface area contributed by atoms with Gasteiger partial charge in [-0.2, -0.15) is 5.10 Å². The van der Waals surface area contributed by atoms with Crippen LogP contribution in [0.5, 0.6) is 0 Å². The second-order valence-corrected chi connectivity index (χ2v) is 5.63. The van der Waals surface area contributed by atoms with Crippen LogP contribution in [0.25, 0.3) is 0 Å². The number of carbonyl (C=O) groups is 1. The molecule has 0 radical (unpaired) electrons. The van der Waals surface area contributed by atoms with Crippen LogP contribution in [0.1, 0.15) is 12.8 Å². The summed E-state index contributed by atoms with van der Waals surface area (Å²) < 4.78 is 25.7. The molecule has 2 aromatic rings. The molecule has 0 saturated carbocycles. The summed E-state index contributed by atoms with van der Waals surface area (Å²) in [5.41, 5.74) is 0. The number of piperidine rings is 1. The van der Waals surface area contributed by atoms with Crippen molar-refractivity contribution in [2.24, 2.45) is 5.92 Å². The van der Waals surface area contributed by atoms with E-state index in [9.17, 15) is 13.6 Å². The summed E-state index contributed by atoms with van der Waals surface area (Å²) in [6.07, 6.45) is 5.31. The maximum absolute atomic E-state index is 12.3. The van der Waals surface area contributed by atoms with Gasteiger partial charge < -0.3 is 10.2 Å². The van der Waals surface area contributed by atoms with E-state index in [-0.39, 0.29) is 11.8 Å². The van der Waals surface area contributed by atoms with Crippen molar-refractivity contribution >= 4 is 17.5 Å². The molecule has 0 spiro atoms. The number of alkyl halides is 2. The average molecular weight is 336 g/mol. The second-order valence-electron chi connectivity index (χ2n) is 5.63. The number of nitrogens with one attached hydrogen (secondary N) is 1. The molecule has 0 aliphatic carbocycles. The summed E-state index contributed by atoms with van der Waals surface area (Å²) in [6, 6.07) is 1.52. The van der Waals surface area contributed by atoms with E-state index in [4.69, 9.17) is 0 Å². The highest BCUT2D eigenvalue weighted by molar-refractivity contribution is 5.91. The lowest BCUT2D eigenvalue weighted by molar-refractivity contribution is -0.120. The Bertz CT molecular complexity index is 670. The summed E-state index contributed by atoms with van der Waals surface area (Å²) in [5.74, 6) is 0.855. The highest BCUT2D eigenvalue weighted by Gasteiger charge is 2.26. The third-order valence-corrected chi connectivity index (χ3v) is 3.96. The van der Waals surface area contributed by atoms with Crippen molar-refractivity contribution in [3.63, 3.8) is 0 Å². The van der Waals surface area contributed by atoms with Gasteiger partial charge >= 0.3 is 0 Å². The van der Waals surface area contributed by atoms with Crippen LogP contribution in [0.15, 0.2) is 30.9 Å². The molecule has 3 rings (SSSR count). The van der Waals surface area contributed by atoms with E-state index >= 15 is 0 Å². The number of hydrogen-bond acceptors (Lipinski definition) is 5. The highest BCUT2D eigenvalue weighted by atomic mass is 19.3. The summed E-state index contributed by atoms with van der Waals surface area (Å²) in [7, 11) is 0. The Morgan fingerprint density at radius 1 is 1.33 bits per heavy atom. The number of amides is 1. The van der Waals surface area contributed by atoms with Crippen LogP contribution in [-0.4, -0.2) is 45.2 Å². The summed E-state index contributed by atoms with van der Waals surface area (Å²) >= 11 is 0. The van der Waals surface area contributed by atoms with Gasteiger partial charge in [0.2, 0.25) is 5.91 Å². The largest absolute Gasteiger partial charge is 0.355 e. The normalized spacial score (nSPS) is 15.7. The van der Waals surface area contributed by atoms with E-state index in [2.05, 4.69) is 25.3 Å². The van der Waals surface area contributed by atoms with Crippen molar-refractivity contribution in [1.82, 2.24) is 19.7 Å². The predicted octanol–water partition coefficient (Wildman–Crippen LogP) is 1.79. The fourth-order valence-corrected chi connectivity index (χ4v) is 2.73. The molecule has 1 N–H and O–H groups in total. The van der Waals surface area contributed by atoms with Gasteiger partial charge in [-0.05, 0) is 12.8 Å². The Hall–Kier alpha value is -2.58. The molecule has 1 fully saturated rings. The minimum atomic E-state index is -2.47. The molecule has 0 unspecified atom stereocenters. The zero-order valence-electron chi connectivity index (χ0n) is 13.0. The molecule has 3 heterocycles. The van der Waals surface area contributed by atoms with E-state index in [1.807, 2.05) is 0 Å². The third kappa shape index (κ3) is 4.03. The minimum absolute atomic E-state index is 0.127. The molecule has 128 valence electrons. The molecule has 0 atom stereocenters. The first-order valence-corrected chi connectivity index (χ1v) is 7.75. The zero-order valence-corrected chi connectivity index (χ0v) is 13.0. The van der Waals surface area contributed by atoms with Crippen LogP contribution in [-0.2, 0) is 11.3 Å². The number of carbonyl (C=O) groups excluding carboxylic acids is 1. The van der Waals surface area contributed by atoms with Crippen LogP contribution in [0.3, 0.4) is 0 Å². The summed E-state index contributed by atoms with van der Waals surface area (Å²) in [4.78, 5) is 22.7. The van der Waals surface area contributed by atoms with Gasteiger partial charge in [-0.25, -0.2) is 13.8 Å². The molecule has 1 aliphatic heterocycles. The highest BCUT2D eigenvalue weighted by Crippen LogP contribution is 2.22. The number of halogens is 2. The van der Waals surface area contributed by atoms with Gasteiger partial charge in [0.05, 0.1) is 6.20 Å². The fraction of sp³-hybridized carbons (Fsp3) is 0.467. The molecule has 9 heteroatoms. The Kier molecular flexibility index (Phi) is 4.97. The summed E-state index contributed by atoms with van der Waals surface area (Å²) in [6.45, 7) is 0.958. The molecule has 1 amide bonds. The van der Waals surface area contributed by atoms with E-state index in [1.54, 1.807) is 18.6 Å². The minimum Gasteiger partial charge on any atom is -0.355 e. The average Bonchev–Trinajstić information content (AvgIpc) is 3.02. The maximum atomic E-state index is 12.3. The van der Waals surface area contributed by atoms with Gasteiger partial charge in [-0.3, -0.25) is 14.5 Å². The molecule has 0 bridgehead atoms. The molecule has 2 aromatic heterocycles. The Morgan fingerprint density at radius 3 is 2.79 bits per heavy atom. The van der Waals surface area contributed by atoms with Crippen LogP contribution in [0, 0.1) is 5.92 Å². The molecule has 1 saturated heterocycles. The zero-order chi connectivity index (χ0) is 16.9. The number of anilines is 2. The van der Waals surface area contributed by atoms with Gasteiger partial charge in [0.25, 0.3) is 6.43 Å². The van der Waals surface area contributed by atoms with E-state index < -0.39 is 13.0 Å². The van der Waals surface area contributed by atoms with Crippen molar-refractivity contribution in [3.05, 3.63) is 30.9 Å². The summed E-state index contributed by atoms with van der Waals surface area (Å²) in [5, 5.41) is 6.62. The lowest BCUT2D eigenvalue weighted by Crippen LogP contribution is -2.38. The van der Waals surface area contributed by atoms with Gasteiger partial charge in [0.15, 0.2) is 5.82 Å². The van der Waals surface area contributed by atoms with Gasteiger partial charge in [0.1, 0.15) is 12.4 Å². The van der Waals surface area contributed by atoms with Crippen LogP contribution in [0.4, 0.5) is 20.4 Å². The SMILES string of the molecule is O=C(Nc1ccn(CC(F)F)n1)C1CCN(c2cnccn2)CC1. The quantitative estimate of drug-likeness (QED) is 0.901. The Balaban J connectivity index is 1.51. The number of rotatable bonds is 5. The fourth-order valence-electron chi connectivity index (χ4n) is 2.73. The predicted molar refractivity (Wildman–Crippen MR) is 83.8 cm³/mol. The third-order valence-electron chi connectivity index (χ3n) is 3.96. The molecular weight excluding hydrogens is 318 g/mol. The van der Waals surface area contributed by atoms with Gasteiger partial charge in [-0.1, -0.05) is 0 Å². The smallest absolute Gasteiger partial charge is 0.257 e. The molecule has 7 nitrogen and oxygen atoms in total. The first-order chi connectivity index (χ1) is 11.6.